The first-order valence-corrected chi connectivity index (χ1v) is 10.7. The molecular formula is C18H12ClN3O5S2. The van der Waals surface area contributed by atoms with E-state index in [0.29, 0.717) is 5.75 Å². The van der Waals surface area contributed by atoms with Crippen LogP contribution in [0.4, 0.5) is 5.13 Å². The number of hydrogen-bond donors (Lipinski definition) is 1. The first kappa shape index (κ1) is 20.6. The van der Waals surface area contributed by atoms with Gasteiger partial charge in [-0.1, -0.05) is 17.7 Å². The lowest BCUT2D eigenvalue weighted by Crippen LogP contribution is -2.12. The molecule has 29 heavy (non-hydrogen) atoms. The SMILES string of the molecule is CC(=O)Oc1csc(NS(=O)(=O)c2ccc(Oc3cccc(Cl)c3C#N)cc2)n1. The number of aromatic nitrogens is 1. The second kappa shape index (κ2) is 8.48. The number of ether oxygens (including phenoxy) is 2. The van der Waals surface area contributed by atoms with Gasteiger partial charge in [0.2, 0.25) is 5.88 Å². The van der Waals surface area contributed by atoms with Gasteiger partial charge < -0.3 is 9.47 Å². The van der Waals surface area contributed by atoms with Crippen LogP contribution in [0.1, 0.15) is 12.5 Å². The highest BCUT2D eigenvalue weighted by molar-refractivity contribution is 7.93. The van der Waals surface area contributed by atoms with E-state index in [9.17, 15) is 18.5 Å². The molecule has 1 N–H and O–H groups in total. The summed E-state index contributed by atoms with van der Waals surface area (Å²) in [5.41, 5.74) is 0.180. The third kappa shape index (κ3) is 5.03. The Morgan fingerprint density at radius 2 is 1.97 bits per heavy atom. The van der Waals surface area contributed by atoms with E-state index in [1.807, 2.05) is 6.07 Å². The van der Waals surface area contributed by atoms with Gasteiger partial charge in [0.05, 0.1) is 15.3 Å². The van der Waals surface area contributed by atoms with E-state index >= 15 is 0 Å². The van der Waals surface area contributed by atoms with Crippen LogP contribution in [0.2, 0.25) is 5.02 Å². The highest BCUT2D eigenvalue weighted by Crippen LogP contribution is 2.30. The van der Waals surface area contributed by atoms with Crippen molar-refractivity contribution in [2.45, 2.75) is 11.8 Å². The number of anilines is 1. The van der Waals surface area contributed by atoms with E-state index in [1.54, 1.807) is 18.2 Å². The molecule has 0 saturated heterocycles. The van der Waals surface area contributed by atoms with Gasteiger partial charge in [0.1, 0.15) is 23.1 Å². The second-order valence-electron chi connectivity index (χ2n) is 5.49. The van der Waals surface area contributed by atoms with Gasteiger partial charge >= 0.3 is 5.97 Å². The molecule has 0 saturated carbocycles. The van der Waals surface area contributed by atoms with E-state index < -0.39 is 16.0 Å². The summed E-state index contributed by atoms with van der Waals surface area (Å²) in [6.45, 7) is 1.22. The van der Waals surface area contributed by atoms with Gasteiger partial charge in [0.15, 0.2) is 5.13 Å². The molecule has 1 heterocycles. The Morgan fingerprint density at radius 3 is 2.62 bits per heavy atom. The molecule has 0 unspecified atom stereocenters. The van der Waals surface area contributed by atoms with Crippen molar-refractivity contribution in [3.8, 4) is 23.4 Å². The van der Waals surface area contributed by atoms with Crippen LogP contribution in [0.25, 0.3) is 0 Å². The number of nitrogens with zero attached hydrogens (tertiary/aromatic N) is 2. The van der Waals surface area contributed by atoms with Crippen LogP contribution in [-0.4, -0.2) is 19.4 Å². The predicted molar refractivity (Wildman–Crippen MR) is 107 cm³/mol. The molecule has 1 aromatic heterocycles. The lowest BCUT2D eigenvalue weighted by molar-refractivity contribution is -0.132. The molecule has 0 aliphatic carbocycles. The summed E-state index contributed by atoms with van der Waals surface area (Å²) in [6, 6.07) is 12.3. The van der Waals surface area contributed by atoms with Crippen LogP contribution >= 0.6 is 22.9 Å². The number of rotatable bonds is 6. The Hall–Kier alpha value is -3.13. The molecule has 2 aromatic carbocycles. The van der Waals surface area contributed by atoms with Gasteiger partial charge in [0.25, 0.3) is 10.0 Å². The van der Waals surface area contributed by atoms with Crippen molar-refractivity contribution in [3.63, 3.8) is 0 Å². The number of thiazole rings is 1. The third-order valence-corrected chi connectivity index (χ3v) is 5.94. The number of nitriles is 1. The van der Waals surface area contributed by atoms with Gasteiger partial charge in [-0.05, 0) is 36.4 Å². The Kier molecular flexibility index (Phi) is 6.03. The maximum Gasteiger partial charge on any atom is 0.309 e. The third-order valence-electron chi connectivity index (χ3n) is 3.40. The number of carbonyl (C=O) groups excluding carboxylic acids is 1. The molecule has 11 heteroatoms. The summed E-state index contributed by atoms with van der Waals surface area (Å²) in [5, 5.41) is 10.9. The minimum Gasteiger partial charge on any atom is -0.456 e. The largest absolute Gasteiger partial charge is 0.456 e. The fourth-order valence-corrected chi connectivity index (χ4v) is 4.26. The van der Waals surface area contributed by atoms with Gasteiger partial charge in [-0.2, -0.15) is 10.2 Å². The first-order valence-electron chi connectivity index (χ1n) is 7.92. The van der Waals surface area contributed by atoms with Crippen LogP contribution < -0.4 is 14.2 Å². The van der Waals surface area contributed by atoms with Crippen molar-refractivity contribution >= 4 is 44.1 Å². The highest BCUT2D eigenvalue weighted by atomic mass is 35.5. The second-order valence-corrected chi connectivity index (χ2v) is 8.44. The zero-order valence-corrected chi connectivity index (χ0v) is 17.1. The zero-order chi connectivity index (χ0) is 21.0. The maximum atomic E-state index is 12.5. The van der Waals surface area contributed by atoms with Crippen molar-refractivity contribution in [1.29, 1.82) is 5.26 Å². The van der Waals surface area contributed by atoms with E-state index in [1.165, 1.54) is 36.6 Å². The zero-order valence-electron chi connectivity index (χ0n) is 14.7. The number of hydrogen-bond acceptors (Lipinski definition) is 8. The van der Waals surface area contributed by atoms with Crippen LogP contribution in [-0.2, 0) is 14.8 Å². The fraction of sp³-hybridized carbons (Fsp3) is 0.0556. The molecule has 3 rings (SSSR count). The quantitative estimate of drug-likeness (QED) is 0.560. The van der Waals surface area contributed by atoms with Crippen LogP contribution in [0.3, 0.4) is 0 Å². The Balaban J connectivity index is 1.75. The van der Waals surface area contributed by atoms with Gasteiger partial charge in [0, 0.05) is 6.92 Å². The summed E-state index contributed by atoms with van der Waals surface area (Å²) in [6.07, 6.45) is 0. The molecular weight excluding hydrogens is 438 g/mol. The summed E-state index contributed by atoms with van der Waals surface area (Å²) in [5.74, 6) is 0.0435. The van der Waals surface area contributed by atoms with E-state index in [0.717, 1.165) is 11.3 Å². The molecule has 148 valence electrons. The Morgan fingerprint density at radius 1 is 1.24 bits per heavy atom. The van der Waals surface area contributed by atoms with E-state index in [2.05, 4.69) is 9.71 Å². The molecule has 0 aliphatic heterocycles. The van der Waals surface area contributed by atoms with Crippen molar-refractivity contribution in [1.82, 2.24) is 4.98 Å². The van der Waals surface area contributed by atoms with E-state index in [4.69, 9.17) is 21.1 Å². The number of sulfonamides is 1. The maximum absolute atomic E-state index is 12.5. The minimum absolute atomic E-state index is 0.0127. The highest BCUT2D eigenvalue weighted by Gasteiger charge is 2.17. The summed E-state index contributed by atoms with van der Waals surface area (Å²) >= 11 is 6.94. The fourth-order valence-electron chi connectivity index (χ4n) is 2.19. The normalized spacial score (nSPS) is 10.8. The smallest absolute Gasteiger partial charge is 0.309 e. The van der Waals surface area contributed by atoms with Crippen LogP contribution in [0.5, 0.6) is 17.4 Å². The molecule has 0 bridgehead atoms. The summed E-state index contributed by atoms with van der Waals surface area (Å²) < 4.78 is 37.7. The van der Waals surface area contributed by atoms with Crippen molar-refractivity contribution in [2.75, 3.05) is 4.72 Å². The molecule has 3 aromatic rings. The molecule has 0 aliphatic rings. The van der Waals surface area contributed by atoms with Crippen molar-refractivity contribution in [3.05, 3.63) is 58.4 Å². The molecule has 0 amide bonds. The predicted octanol–water partition coefficient (Wildman–Crippen LogP) is 4.19. The summed E-state index contributed by atoms with van der Waals surface area (Å²) in [4.78, 5) is 14.8. The van der Waals surface area contributed by atoms with Gasteiger partial charge in [-0.15, -0.1) is 11.3 Å². The molecule has 0 spiro atoms. The standard InChI is InChI=1S/C18H12ClN3O5S2/c1-11(23)26-17-10-28-18(21-17)22-29(24,25)13-7-5-12(6-8-13)27-16-4-2-3-15(19)14(16)9-20/h2-8,10H,1H3,(H,21,22). The van der Waals surface area contributed by atoms with Crippen molar-refractivity contribution in [2.24, 2.45) is 0 Å². The number of carbonyl (C=O) groups is 1. The Labute approximate surface area is 175 Å². The lowest BCUT2D eigenvalue weighted by Gasteiger charge is -2.09. The molecule has 0 atom stereocenters. The Bertz CT molecular complexity index is 1200. The van der Waals surface area contributed by atoms with Gasteiger partial charge in [-0.25, -0.2) is 8.42 Å². The van der Waals surface area contributed by atoms with E-state index in [-0.39, 0.29) is 32.2 Å². The van der Waals surface area contributed by atoms with Crippen LogP contribution in [0.15, 0.2) is 52.7 Å². The monoisotopic (exact) mass is 449 g/mol. The molecule has 8 nitrogen and oxygen atoms in total. The number of benzene rings is 2. The summed E-state index contributed by atoms with van der Waals surface area (Å²) in [7, 11) is -3.91. The lowest BCUT2D eigenvalue weighted by atomic mass is 10.2. The topological polar surface area (TPSA) is 118 Å². The number of esters is 1. The number of halogens is 1. The van der Waals surface area contributed by atoms with Crippen LogP contribution in [0, 0.1) is 11.3 Å². The minimum atomic E-state index is -3.91. The first-order chi connectivity index (χ1) is 13.8. The number of nitrogens with one attached hydrogen (secondary N) is 1. The van der Waals surface area contributed by atoms with Gasteiger partial charge in [-0.3, -0.25) is 9.52 Å². The van der Waals surface area contributed by atoms with Crippen molar-refractivity contribution < 1.29 is 22.7 Å². The molecule has 0 fully saturated rings. The average Bonchev–Trinajstić information content (AvgIpc) is 3.07. The average molecular weight is 450 g/mol. The molecule has 0 radical (unpaired) electrons.